The summed E-state index contributed by atoms with van der Waals surface area (Å²) in [6.45, 7) is 3.76. The van der Waals surface area contributed by atoms with E-state index in [1.165, 1.54) is 19.3 Å². The van der Waals surface area contributed by atoms with Crippen LogP contribution in [0.1, 0.15) is 57.4 Å². The van der Waals surface area contributed by atoms with Gasteiger partial charge in [0, 0.05) is 32.1 Å². The Labute approximate surface area is 162 Å². The Balaban J connectivity index is 1.65. The molecule has 1 fully saturated rings. The lowest BCUT2D eigenvalue weighted by molar-refractivity contribution is -0.131. The number of amides is 3. The number of ether oxygens (including phenoxy) is 1. The third kappa shape index (κ3) is 7.49. The van der Waals surface area contributed by atoms with Gasteiger partial charge in [0.2, 0.25) is 5.91 Å². The van der Waals surface area contributed by atoms with E-state index in [2.05, 4.69) is 10.6 Å². The molecule has 0 bridgehead atoms. The van der Waals surface area contributed by atoms with Gasteiger partial charge in [0.05, 0.1) is 7.11 Å². The summed E-state index contributed by atoms with van der Waals surface area (Å²) in [6.07, 6.45) is 6.89. The summed E-state index contributed by atoms with van der Waals surface area (Å²) < 4.78 is 5.16. The fraction of sp³-hybridized carbons (Fsp3) is 0.619. The lowest BCUT2D eigenvalue weighted by atomic mass is 9.96. The maximum atomic E-state index is 12.4. The van der Waals surface area contributed by atoms with Gasteiger partial charge in [0.15, 0.2) is 0 Å². The van der Waals surface area contributed by atoms with Crippen molar-refractivity contribution >= 4 is 11.9 Å². The second-order valence-electron chi connectivity index (χ2n) is 7.09. The summed E-state index contributed by atoms with van der Waals surface area (Å²) in [5.41, 5.74) is 1.08. The zero-order valence-corrected chi connectivity index (χ0v) is 16.6. The van der Waals surface area contributed by atoms with Crippen LogP contribution < -0.4 is 15.4 Å². The van der Waals surface area contributed by atoms with Crippen LogP contribution in [0.5, 0.6) is 5.75 Å². The van der Waals surface area contributed by atoms with Gasteiger partial charge in [-0.25, -0.2) is 4.79 Å². The Morgan fingerprint density at radius 3 is 2.48 bits per heavy atom. The van der Waals surface area contributed by atoms with E-state index in [9.17, 15) is 9.59 Å². The molecule has 6 nitrogen and oxygen atoms in total. The van der Waals surface area contributed by atoms with Gasteiger partial charge in [0.1, 0.15) is 5.75 Å². The number of hydrogen-bond acceptors (Lipinski definition) is 3. The molecule has 1 aliphatic rings. The quantitative estimate of drug-likeness (QED) is 0.650. The summed E-state index contributed by atoms with van der Waals surface area (Å²) >= 11 is 0. The minimum absolute atomic E-state index is 0.111. The average molecular weight is 376 g/mol. The molecule has 2 N–H and O–H groups in total. The fourth-order valence-electron chi connectivity index (χ4n) is 3.41. The zero-order valence-electron chi connectivity index (χ0n) is 16.6. The van der Waals surface area contributed by atoms with Gasteiger partial charge in [-0.05, 0) is 43.9 Å². The zero-order chi connectivity index (χ0) is 19.5. The van der Waals surface area contributed by atoms with E-state index in [4.69, 9.17) is 4.74 Å². The van der Waals surface area contributed by atoms with Gasteiger partial charge >= 0.3 is 6.03 Å². The van der Waals surface area contributed by atoms with Crippen LogP contribution in [-0.2, 0) is 11.3 Å². The topological polar surface area (TPSA) is 70.7 Å². The standard InChI is InChI=1S/C21H33N3O3/c1-3-24(16-17-11-13-19(27-2)14-12-17)20(25)10-7-15-22-21(26)23-18-8-5-4-6-9-18/h11-14,18H,3-10,15-16H2,1-2H3,(H2,22,23,26). The van der Waals surface area contributed by atoms with Crippen molar-refractivity contribution in [3.8, 4) is 5.75 Å². The first kappa shape index (κ1) is 21.1. The van der Waals surface area contributed by atoms with Crippen molar-refractivity contribution in [3.05, 3.63) is 29.8 Å². The molecule has 0 aromatic heterocycles. The normalized spacial score (nSPS) is 14.4. The van der Waals surface area contributed by atoms with Crippen molar-refractivity contribution < 1.29 is 14.3 Å². The fourth-order valence-corrected chi connectivity index (χ4v) is 3.41. The number of carbonyl (C=O) groups excluding carboxylic acids is 2. The molecule has 27 heavy (non-hydrogen) atoms. The second-order valence-corrected chi connectivity index (χ2v) is 7.09. The molecule has 6 heteroatoms. The Hall–Kier alpha value is -2.24. The van der Waals surface area contributed by atoms with E-state index < -0.39 is 0 Å². The average Bonchev–Trinajstić information content (AvgIpc) is 2.70. The molecule has 0 spiro atoms. The number of nitrogens with zero attached hydrogens (tertiary/aromatic N) is 1. The molecule has 3 amide bonds. The Morgan fingerprint density at radius 2 is 1.85 bits per heavy atom. The number of nitrogens with one attached hydrogen (secondary N) is 2. The van der Waals surface area contributed by atoms with E-state index in [1.54, 1.807) is 7.11 Å². The van der Waals surface area contributed by atoms with Crippen molar-refractivity contribution in [1.29, 1.82) is 0 Å². The van der Waals surface area contributed by atoms with Gasteiger partial charge in [-0.1, -0.05) is 31.4 Å². The van der Waals surface area contributed by atoms with E-state index in [0.717, 1.165) is 24.2 Å². The lowest BCUT2D eigenvalue weighted by Crippen LogP contribution is -2.43. The number of rotatable bonds is 9. The molecule has 0 radical (unpaired) electrons. The van der Waals surface area contributed by atoms with Crippen LogP contribution in [0, 0.1) is 0 Å². The highest BCUT2D eigenvalue weighted by atomic mass is 16.5. The molecular weight excluding hydrogens is 342 g/mol. The van der Waals surface area contributed by atoms with Crippen LogP contribution in [-0.4, -0.2) is 43.1 Å². The summed E-state index contributed by atoms with van der Waals surface area (Å²) in [7, 11) is 1.64. The van der Waals surface area contributed by atoms with Crippen LogP contribution in [0.3, 0.4) is 0 Å². The maximum Gasteiger partial charge on any atom is 0.315 e. The van der Waals surface area contributed by atoms with Crippen LogP contribution in [0.25, 0.3) is 0 Å². The molecule has 2 rings (SSSR count). The van der Waals surface area contributed by atoms with E-state index >= 15 is 0 Å². The van der Waals surface area contributed by atoms with Crippen molar-refractivity contribution in [2.24, 2.45) is 0 Å². The molecular formula is C21H33N3O3. The van der Waals surface area contributed by atoms with Crippen molar-refractivity contribution in [2.45, 2.75) is 64.5 Å². The Morgan fingerprint density at radius 1 is 1.15 bits per heavy atom. The summed E-state index contributed by atoms with van der Waals surface area (Å²) in [6, 6.07) is 7.96. The SMILES string of the molecule is CCN(Cc1ccc(OC)cc1)C(=O)CCCNC(=O)NC1CCCCC1. The molecule has 0 saturated heterocycles. The lowest BCUT2D eigenvalue weighted by Gasteiger charge is -2.23. The van der Waals surface area contributed by atoms with Crippen LogP contribution in [0.15, 0.2) is 24.3 Å². The molecule has 0 aliphatic heterocycles. The number of urea groups is 1. The summed E-state index contributed by atoms with van der Waals surface area (Å²) in [4.78, 5) is 26.2. The molecule has 1 aromatic rings. The maximum absolute atomic E-state index is 12.4. The minimum atomic E-state index is -0.111. The molecule has 150 valence electrons. The monoisotopic (exact) mass is 375 g/mol. The third-order valence-electron chi connectivity index (χ3n) is 5.06. The highest BCUT2D eigenvalue weighted by molar-refractivity contribution is 5.76. The molecule has 0 unspecified atom stereocenters. The second kappa shape index (κ2) is 11.5. The Bertz CT molecular complexity index is 583. The van der Waals surface area contributed by atoms with Crippen molar-refractivity contribution in [2.75, 3.05) is 20.2 Å². The first-order valence-corrected chi connectivity index (χ1v) is 10.1. The van der Waals surface area contributed by atoms with Gasteiger partial charge in [-0.2, -0.15) is 0 Å². The molecule has 1 aromatic carbocycles. The van der Waals surface area contributed by atoms with Gasteiger partial charge < -0.3 is 20.3 Å². The van der Waals surface area contributed by atoms with E-state index in [1.807, 2.05) is 36.1 Å². The Kier molecular flexibility index (Phi) is 8.95. The highest BCUT2D eigenvalue weighted by Gasteiger charge is 2.16. The smallest absolute Gasteiger partial charge is 0.315 e. The van der Waals surface area contributed by atoms with Gasteiger partial charge in [-0.3, -0.25) is 4.79 Å². The summed E-state index contributed by atoms with van der Waals surface area (Å²) in [5.74, 6) is 0.925. The highest BCUT2D eigenvalue weighted by Crippen LogP contribution is 2.17. The van der Waals surface area contributed by atoms with Crippen LogP contribution in [0.4, 0.5) is 4.79 Å². The molecule has 1 saturated carbocycles. The van der Waals surface area contributed by atoms with Crippen molar-refractivity contribution in [1.82, 2.24) is 15.5 Å². The first-order chi connectivity index (χ1) is 13.1. The van der Waals surface area contributed by atoms with E-state index in [0.29, 0.717) is 38.5 Å². The van der Waals surface area contributed by atoms with E-state index in [-0.39, 0.29) is 11.9 Å². The number of methoxy groups -OCH3 is 1. The van der Waals surface area contributed by atoms with Crippen LogP contribution >= 0.6 is 0 Å². The largest absolute Gasteiger partial charge is 0.497 e. The van der Waals surface area contributed by atoms with Crippen molar-refractivity contribution in [3.63, 3.8) is 0 Å². The number of carbonyl (C=O) groups is 2. The molecule has 0 heterocycles. The molecule has 0 atom stereocenters. The van der Waals surface area contributed by atoms with Gasteiger partial charge in [-0.15, -0.1) is 0 Å². The molecule has 1 aliphatic carbocycles. The first-order valence-electron chi connectivity index (χ1n) is 10.1. The number of hydrogen-bond donors (Lipinski definition) is 2. The minimum Gasteiger partial charge on any atom is -0.497 e. The predicted molar refractivity (Wildman–Crippen MR) is 107 cm³/mol. The third-order valence-corrected chi connectivity index (χ3v) is 5.06. The number of benzene rings is 1. The predicted octanol–water partition coefficient (Wildman–Crippen LogP) is 3.46. The summed E-state index contributed by atoms with van der Waals surface area (Å²) in [5, 5.41) is 5.90. The van der Waals surface area contributed by atoms with Crippen LogP contribution in [0.2, 0.25) is 0 Å². The van der Waals surface area contributed by atoms with Gasteiger partial charge in [0.25, 0.3) is 0 Å².